The van der Waals surface area contributed by atoms with E-state index in [9.17, 15) is 47.9 Å². The van der Waals surface area contributed by atoms with E-state index >= 15 is 0 Å². The highest BCUT2D eigenvalue weighted by Crippen LogP contribution is 2.21. The van der Waals surface area contributed by atoms with Gasteiger partial charge in [-0.05, 0) is 106 Å². The normalized spacial score (nSPS) is 12.7. The molecule has 0 spiro atoms. The molecule has 5 atom stereocenters. The standard InChI is InChI=1S/C92H169N3O19S5/c1-11-16-21-26-31-36-68-115-73-78(6)83(96)44-41-59-106-84(97)46-55-94(56-47-86(99)108-61-65-112-90(103)80(8)75-117-70-38-33-28-23-18-13-3)52-42-50-93(54-45-85(98)107-60-64-111-89(102)79(7)74-116-69-37-32-27-22-17-12-2)51-43-53-95(57-48-87(100)109-62-66-113-91(104)81(9)76-118-71-39-34-29-24-19-14-4)58-49-88(101)110-63-67-114-92(105)82(10)77-119-72-40-35-30-25-20-15-5/h78-82H,11-77H2,1-10H3. The maximum absolute atomic E-state index is 13.5. The zero-order valence-corrected chi connectivity index (χ0v) is 80.5. The second kappa shape index (κ2) is 85.3. The summed E-state index contributed by atoms with van der Waals surface area (Å²) in [5, 5.41) is 0. The highest BCUT2D eigenvalue weighted by Gasteiger charge is 2.23. The number of unbranched alkanes of at least 4 members (excludes halogenated alkanes) is 25. The summed E-state index contributed by atoms with van der Waals surface area (Å²) >= 11 is 8.81. The summed E-state index contributed by atoms with van der Waals surface area (Å²) in [6, 6.07) is 0. The first-order chi connectivity index (χ1) is 57.7. The van der Waals surface area contributed by atoms with Crippen LogP contribution >= 0.6 is 58.8 Å². The van der Waals surface area contributed by atoms with Crippen LogP contribution in [0, 0.1) is 29.6 Å². The smallest absolute Gasteiger partial charge is 0.309 e. The minimum absolute atomic E-state index is 0.0102. The molecule has 119 heavy (non-hydrogen) atoms. The number of nitrogens with zero attached hydrogens (tertiary/aromatic N) is 3. The highest BCUT2D eigenvalue weighted by atomic mass is 32.2. The molecule has 0 fully saturated rings. The molecular weight excluding hydrogens is 1610 g/mol. The Morgan fingerprint density at radius 2 is 0.403 bits per heavy atom. The maximum Gasteiger partial charge on any atom is 0.309 e. The monoisotopic (exact) mass is 1780 g/mol. The van der Waals surface area contributed by atoms with Crippen LogP contribution in [-0.2, 0) is 90.6 Å². The first-order valence-electron chi connectivity index (χ1n) is 46.7. The molecule has 22 nitrogen and oxygen atoms in total. The van der Waals surface area contributed by atoms with Crippen molar-refractivity contribution >= 4 is 118 Å². The number of thioether (sulfide) groups is 5. The molecule has 0 saturated heterocycles. The average molecular weight is 1780 g/mol. The van der Waals surface area contributed by atoms with Crippen LogP contribution in [-0.4, -0.2) is 250 Å². The van der Waals surface area contributed by atoms with Crippen LogP contribution in [0.3, 0.4) is 0 Å². The van der Waals surface area contributed by atoms with E-state index in [-0.39, 0.29) is 184 Å². The lowest BCUT2D eigenvalue weighted by Gasteiger charge is -2.27. The van der Waals surface area contributed by atoms with Gasteiger partial charge in [0, 0.05) is 73.8 Å². The Morgan fingerprint density at radius 3 is 0.639 bits per heavy atom. The summed E-state index contributed by atoms with van der Waals surface area (Å²) in [5.41, 5.74) is 0. The lowest BCUT2D eigenvalue weighted by molar-refractivity contribution is -0.154. The van der Waals surface area contributed by atoms with Crippen molar-refractivity contribution in [2.45, 2.75) is 320 Å². The van der Waals surface area contributed by atoms with Gasteiger partial charge in [0.2, 0.25) is 0 Å². The first kappa shape index (κ1) is 116. The van der Waals surface area contributed by atoms with E-state index in [0.29, 0.717) is 74.9 Å². The highest BCUT2D eigenvalue weighted by molar-refractivity contribution is 8.00. The SMILES string of the molecule is CCCCCCCCSCC(C)C(=O)CCCOC(=O)CCN(CCCN(CCCN(CCC(=O)OCCOC(=O)C(C)CSCCCCCCCC)CCC(=O)OCCOC(=O)C(C)CSCCCCCCCC)CCC(=O)OCCOC(=O)C(C)CSCCCCCCCC)CCC(=O)OCCOC(=O)C(C)CSCCCCCCCC. The molecule has 0 radical (unpaired) electrons. The molecule has 27 heteroatoms. The molecule has 0 heterocycles. The van der Waals surface area contributed by atoms with E-state index < -0.39 is 29.8 Å². The molecule has 0 aliphatic rings. The van der Waals surface area contributed by atoms with Crippen molar-refractivity contribution in [3.8, 4) is 0 Å². The van der Waals surface area contributed by atoms with Gasteiger partial charge in [-0.2, -0.15) is 58.8 Å². The summed E-state index contributed by atoms with van der Waals surface area (Å²) in [5.74, 6) is 3.46. The van der Waals surface area contributed by atoms with Crippen LogP contribution in [0.4, 0.5) is 0 Å². The first-order valence-corrected chi connectivity index (χ1v) is 52.5. The van der Waals surface area contributed by atoms with Crippen molar-refractivity contribution in [2.24, 2.45) is 29.6 Å². The topological polar surface area (TPSA) is 263 Å². The number of esters is 9. The van der Waals surface area contributed by atoms with Crippen LogP contribution in [0.2, 0.25) is 0 Å². The van der Waals surface area contributed by atoms with Gasteiger partial charge in [-0.25, -0.2) is 0 Å². The van der Waals surface area contributed by atoms with Crippen molar-refractivity contribution in [1.29, 1.82) is 0 Å². The molecule has 696 valence electrons. The molecule has 0 aromatic rings. The van der Waals surface area contributed by atoms with Gasteiger partial charge in [-0.1, -0.05) is 230 Å². The minimum atomic E-state index is -0.504. The van der Waals surface area contributed by atoms with E-state index in [1.807, 2.05) is 56.2 Å². The molecule has 0 amide bonds. The summed E-state index contributed by atoms with van der Waals surface area (Å²) in [4.78, 5) is 137. The number of ether oxygens (including phenoxy) is 9. The third-order valence-electron chi connectivity index (χ3n) is 20.5. The van der Waals surface area contributed by atoms with Crippen LogP contribution in [0.25, 0.3) is 0 Å². The fraction of sp³-hybridized carbons (Fsp3) is 0.891. The predicted octanol–water partition coefficient (Wildman–Crippen LogP) is 19.5. The Kier molecular flexibility index (Phi) is 82.8. The summed E-state index contributed by atoms with van der Waals surface area (Å²) in [7, 11) is 0. The number of Topliss-reactive ketones (excluding diaryl/α,β-unsaturated/α-hetero) is 1. The molecule has 0 bridgehead atoms. The number of hydrogen-bond donors (Lipinski definition) is 0. The maximum atomic E-state index is 13.5. The number of rotatable bonds is 89. The summed E-state index contributed by atoms with van der Waals surface area (Å²) < 4.78 is 49.9. The number of carbonyl (C=O) groups excluding carboxylic acids is 10. The fourth-order valence-corrected chi connectivity index (χ4v) is 18.0. The van der Waals surface area contributed by atoms with Gasteiger partial charge in [0.15, 0.2) is 0 Å². The average Bonchev–Trinajstić information content (AvgIpc) is 0.934. The zero-order valence-electron chi connectivity index (χ0n) is 76.4. The lowest BCUT2D eigenvalue weighted by atomic mass is 10.0. The van der Waals surface area contributed by atoms with Crippen LogP contribution in [0.15, 0.2) is 0 Å². The molecule has 0 aliphatic heterocycles. The van der Waals surface area contributed by atoms with Gasteiger partial charge in [-0.3, -0.25) is 47.9 Å². The van der Waals surface area contributed by atoms with Gasteiger partial charge >= 0.3 is 53.7 Å². The minimum Gasteiger partial charge on any atom is -0.466 e. The molecular formula is C92H169N3O19S5. The summed E-state index contributed by atoms with van der Waals surface area (Å²) in [6.45, 7) is 22.8. The van der Waals surface area contributed by atoms with E-state index in [0.717, 1.165) is 66.6 Å². The van der Waals surface area contributed by atoms with Gasteiger partial charge in [-0.15, -0.1) is 0 Å². The van der Waals surface area contributed by atoms with Gasteiger partial charge in [0.25, 0.3) is 0 Å². The molecule has 5 unspecified atom stereocenters. The third-order valence-corrected chi connectivity index (χ3v) is 27.0. The van der Waals surface area contributed by atoms with Crippen LogP contribution in [0.5, 0.6) is 0 Å². The summed E-state index contributed by atoms with van der Waals surface area (Å²) in [6.07, 6.45) is 38.2. The lowest BCUT2D eigenvalue weighted by Crippen LogP contribution is -2.36. The molecule has 0 aliphatic carbocycles. The van der Waals surface area contributed by atoms with E-state index in [1.165, 1.54) is 161 Å². The Labute approximate surface area is 743 Å². The quantitative estimate of drug-likeness (QED) is 0.0311. The predicted molar refractivity (Wildman–Crippen MR) is 494 cm³/mol. The van der Waals surface area contributed by atoms with Crippen molar-refractivity contribution in [1.82, 2.24) is 14.7 Å². The van der Waals surface area contributed by atoms with Crippen molar-refractivity contribution in [3.63, 3.8) is 0 Å². The molecule has 0 saturated carbocycles. The molecule has 0 aromatic carbocycles. The second-order valence-electron chi connectivity index (χ2n) is 32.0. The Morgan fingerprint density at radius 1 is 0.210 bits per heavy atom. The Hall–Kier alpha value is -3.47. The molecule has 0 N–H and O–H groups in total. The fourth-order valence-electron chi connectivity index (χ4n) is 12.7. The van der Waals surface area contributed by atoms with Gasteiger partial charge in [0.05, 0.1) is 62.4 Å². The number of ketones is 1. The Bertz CT molecular complexity index is 2260. The van der Waals surface area contributed by atoms with E-state index in [2.05, 4.69) is 39.5 Å². The van der Waals surface area contributed by atoms with Gasteiger partial charge < -0.3 is 57.3 Å². The van der Waals surface area contributed by atoms with Crippen molar-refractivity contribution in [3.05, 3.63) is 0 Å². The number of carbonyl (C=O) groups is 10. The zero-order chi connectivity index (χ0) is 87.7. The second-order valence-corrected chi connectivity index (χ2v) is 37.8. The Balaban J connectivity index is 6.49. The van der Waals surface area contributed by atoms with Crippen molar-refractivity contribution in [2.75, 3.05) is 176 Å². The molecule has 0 aromatic heterocycles. The molecule has 0 rings (SSSR count). The number of hydrogen-bond acceptors (Lipinski definition) is 27. The van der Waals surface area contributed by atoms with E-state index in [4.69, 9.17) is 42.6 Å². The van der Waals surface area contributed by atoms with Gasteiger partial charge in [0.1, 0.15) is 58.6 Å². The van der Waals surface area contributed by atoms with E-state index in [1.54, 1.807) is 47.0 Å². The van der Waals surface area contributed by atoms with Crippen LogP contribution < -0.4 is 0 Å². The third kappa shape index (κ3) is 75.6. The van der Waals surface area contributed by atoms with Crippen LogP contribution in [0.1, 0.15) is 320 Å². The largest absolute Gasteiger partial charge is 0.466 e. The van der Waals surface area contributed by atoms with Crippen molar-refractivity contribution < 1.29 is 90.6 Å².